The third-order valence-electron chi connectivity index (χ3n) is 2.51. The third kappa shape index (κ3) is 5.61. The first kappa shape index (κ1) is 16.5. The molecular formula is C14H18N2O3S. The molecule has 1 rings (SSSR count). The first-order valence-electron chi connectivity index (χ1n) is 6.13. The predicted molar refractivity (Wildman–Crippen MR) is 77.2 cm³/mol. The fourth-order valence-electron chi connectivity index (χ4n) is 1.55. The van der Waals surface area contributed by atoms with Crippen molar-refractivity contribution < 1.29 is 14.3 Å². The van der Waals surface area contributed by atoms with Gasteiger partial charge in [-0.3, -0.25) is 4.79 Å². The number of nitrogens with zero attached hydrogens (tertiary/aromatic N) is 1. The number of nitrogens with one attached hydrogen (secondary N) is 1. The minimum Gasteiger partial charge on any atom is -0.354 e. The van der Waals surface area contributed by atoms with Crippen LogP contribution < -0.4 is 5.32 Å². The highest BCUT2D eigenvalue weighted by molar-refractivity contribution is 8.00. The number of methoxy groups -OCH3 is 2. The lowest BCUT2D eigenvalue weighted by atomic mass is 10.2. The van der Waals surface area contributed by atoms with Gasteiger partial charge in [0.2, 0.25) is 5.91 Å². The monoisotopic (exact) mass is 294 g/mol. The van der Waals surface area contributed by atoms with Gasteiger partial charge in [-0.1, -0.05) is 12.1 Å². The SMILES string of the molecule is COC(OC)c1ccc(SCC(=O)NCCC#N)cc1. The zero-order chi connectivity index (χ0) is 14.8. The number of amides is 1. The van der Waals surface area contributed by atoms with E-state index < -0.39 is 0 Å². The van der Waals surface area contributed by atoms with Gasteiger partial charge >= 0.3 is 0 Å². The van der Waals surface area contributed by atoms with Crippen molar-refractivity contribution in [3.63, 3.8) is 0 Å². The molecule has 1 amide bonds. The summed E-state index contributed by atoms with van der Waals surface area (Å²) in [6.45, 7) is 0.401. The van der Waals surface area contributed by atoms with Gasteiger partial charge in [-0.05, 0) is 12.1 Å². The number of ether oxygens (including phenoxy) is 2. The number of nitriles is 1. The Labute approximate surface area is 123 Å². The second kappa shape index (κ2) is 9.37. The van der Waals surface area contributed by atoms with Gasteiger partial charge in [0.15, 0.2) is 6.29 Å². The highest BCUT2D eigenvalue weighted by atomic mass is 32.2. The summed E-state index contributed by atoms with van der Waals surface area (Å²) < 4.78 is 10.3. The number of carbonyl (C=O) groups excluding carboxylic acids is 1. The number of hydrogen-bond donors (Lipinski definition) is 1. The van der Waals surface area contributed by atoms with Gasteiger partial charge in [0.1, 0.15) is 0 Å². The number of rotatable bonds is 8. The maximum Gasteiger partial charge on any atom is 0.230 e. The molecule has 0 aliphatic heterocycles. The lowest BCUT2D eigenvalue weighted by Gasteiger charge is -2.13. The van der Waals surface area contributed by atoms with Crippen LogP contribution in [0.4, 0.5) is 0 Å². The van der Waals surface area contributed by atoms with Gasteiger partial charge in [-0.15, -0.1) is 11.8 Å². The average molecular weight is 294 g/mol. The van der Waals surface area contributed by atoms with Gasteiger partial charge in [0.25, 0.3) is 0 Å². The topological polar surface area (TPSA) is 71.3 Å². The van der Waals surface area contributed by atoms with Crippen LogP contribution in [0.5, 0.6) is 0 Å². The van der Waals surface area contributed by atoms with E-state index in [2.05, 4.69) is 5.32 Å². The minimum absolute atomic E-state index is 0.0685. The fraction of sp³-hybridized carbons (Fsp3) is 0.429. The number of thioether (sulfide) groups is 1. The van der Waals surface area contributed by atoms with E-state index in [-0.39, 0.29) is 12.2 Å². The van der Waals surface area contributed by atoms with Crippen LogP contribution in [0.2, 0.25) is 0 Å². The maximum absolute atomic E-state index is 11.5. The van der Waals surface area contributed by atoms with Gasteiger partial charge in [0.05, 0.1) is 18.2 Å². The Morgan fingerprint density at radius 1 is 1.35 bits per heavy atom. The Hall–Kier alpha value is -1.55. The Balaban J connectivity index is 2.42. The van der Waals surface area contributed by atoms with Crippen molar-refractivity contribution in [2.75, 3.05) is 26.5 Å². The van der Waals surface area contributed by atoms with Crippen LogP contribution in [-0.2, 0) is 14.3 Å². The van der Waals surface area contributed by atoms with E-state index in [0.717, 1.165) is 10.5 Å². The zero-order valence-corrected chi connectivity index (χ0v) is 12.4. The molecule has 0 aliphatic carbocycles. The van der Waals surface area contributed by atoms with Gasteiger partial charge < -0.3 is 14.8 Å². The Morgan fingerprint density at radius 3 is 2.55 bits per heavy atom. The summed E-state index contributed by atoms with van der Waals surface area (Å²) in [5.41, 5.74) is 0.929. The van der Waals surface area contributed by atoms with Crippen LogP contribution in [0.25, 0.3) is 0 Å². The summed E-state index contributed by atoms with van der Waals surface area (Å²) >= 11 is 1.45. The number of benzene rings is 1. The van der Waals surface area contributed by atoms with E-state index >= 15 is 0 Å². The van der Waals surface area contributed by atoms with Gasteiger partial charge in [0, 0.05) is 31.2 Å². The molecule has 0 radical (unpaired) electrons. The Kier molecular flexibility index (Phi) is 7.73. The first-order chi connectivity index (χ1) is 9.71. The smallest absolute Gasteiger partial charge is 0.230 e. The maximum atomic E-state index is 11.5. The van der Waals surface area contributed by atoms with E-state index in [1.807, 2.05) is 30.3 Å². The van der Waals surface area contributed by atoms with Gasteiger partial charge in [-0.2, -0.15) is 5.26 Å². The molecule has 0 saturated heterocycles. The van der Waals surface area contributed by atoms with Crippen molar-refractivity contribution in [2.45, 2.75) is 17.6 Å². The molecule has 5 nitrogen and oxygen atoms in total. The van der Waals surface area contributed by atoms with E-state index in [0.29, 0.717) is 18.7 Å². The molecule has 0 saturated carbocycles. The van der Waals surface area contributed by atoms with Crippen LogP contribution in [-0.4, -0.2) is 32.4 Å². The zero-order valence-electron chi connectivity index (χ0n) is 11.6. The van der Waals surface area contributed by atoms with E-state index in [4.69, 9.17) is 14.7 Å². The molecule has 0 heterocycles. The van der Waals surface area contributed by atoms with Crippen LogP contribution >= 0.6 is 11.8 Å². The second-order valence-electron chi connectivity index (χ2n) is 3.92. The van der Waals surface area contributed by atoms with Gasteiger partial charge in [-0.25, -0.2) is 0 Å². The van der Waals surface area contributed by atoms with Crippen LogP contribution in [0.15, 0.2) is 29.2 Å². The van der Waals surface area contributed by atoms with E-state index in [1.165, 1.54) is 11.8 Å². The van der Waals surface area contributed by atoms with Crippen molar-refractivity contribution in [1.82, 2.24) is 5.32 Å². The standard InChI is InChI=1S/C14H18N2O3S/c1-18-14(19-2)11-4-6-12(7-5-11)20-10-13(17)16-9-3-8-15/h4-7,14H,3,9-10H2,1-2H3,(H,16,17). The van der Waals surface area contributed by atoms with E-state index in [9.17, 15) is 4.79 Å². The molecule has 0 aromatic heterocycles. The molecule has 1 N–H and O–H groups in total. The Bertz CT molecular complexity index is 452. The van der Waals surface area contributed by atoms with Crippen molar-refractivity contribution in [3.8, 4) is 6.07 Å². The van der Waals surface area contributed by atoms with Crippen molar-refractivity contribution in [2.24, 2.45) is 0 Å². The van der Waals surface area contributed by atoms with Crippen molar-refractivity contribution >= 4 is 17.7 Å². The summed E-state index contributed by atoms with van der Waals surface area (Å²) in [7, 11) is 3.17. The molecule has 0 unspecified atom stereocenters. The molecule has 1 aromatic carbocycles. The molecule has 6 heteroatoms. The molecule has 0 atom stereocenters. The molecule has 108 valence electrons. The molecule has 20 heavy (non-hydrogen) atoms. The number of carbonyl (C=O) groups is 1. The highest BCUT2D eigenvalue weighted by Crippen LogP contribution is 2.22. The Morgan fingerprint density at radius 2 is 2.00 bits per heavy atom. The number of hydrogen-bond acceptors (Lipinski definition) is 5. The summed E-state index contributed by atoms with van der Waals surface area (Å²) in [6, 6.07) is 9.65. The summed E-state index contributed by atoms with van der Waals surface area (Å²) in [5.74, 6) is 0.268. The normalized spacial score (nSPS) is 10.3. The predicted octanol–water partition coefficient (Wildman–Crippen LogP) is 2.10. The third-order valence-corrected chi connectivity index (χ3v) is 3.52. The minimum atomic E-state index is -0.372. The molecular weight excluding hydrogens is 276 g/mol. The summed E-state index contributed by atoms with van der Waals surface area (Å²) in [5, 5.41) is 11.1. The fourth-order valence-corrected chi connectivity index (χ4v) is 2.28. The largest absolute Gasteiger partial charge is 0.354 e. The summed E-state index contributed by atoms with van der Waals surface area (Å²) in [6.07, 6.45) is -0.0381. The second-order valence-corrected chi connectivity index (χ2v) is 4.97. The molecule has 1 aromatic rings. The molecule has 0 spiro atoms. The van der Waals surface area contributed by atoms with Crippen molar-refractivity contribution in [3.05, 3.63) is 29.8 Å². The quantitative estimate of drug-likeness (QED) is 0.451. The summed E-state index contributed by atoms with van der Waals surface area (Å²) in [4.78, 5) is 12.5. The van der Waals surface area contributed by atoms with Crippen molar-refractivity contribution in [1.29, 1.82) is 5.26 Å². The average Bonchev–Trinajstić information content (AvgIpc) is 2.48. The van der Waals surface area contributed by atoms with Crippen LogP contribution in [0.1, 0.15) is 18.3 Å². The highest BCUT2D eigenvalue weighted by Gasteiger charge is 2.08. The van der Waals surface area contributed by atoms with Crippen LogP contribution in [0, 0.1) is 11.3 Å². The lowest BCUT2D eigenvalue weighted by molar-refractivity contribution is -0.118. The molecule has 0 bridgehead atoms. The van der Waals surface area contributed by atoms with E-state index in [1.54, 1.807) is 14.2 Å². The molecule has 0 fully saturated rings. The van der Waals surface area contributed by atoms with Crippen LogP contribution in [0.3, 0.4) is 0 Å². The lowest BCUT2D eigenvalue weighted by Crippen LogP contribution is -2.25. The first-order valence-corrected chi connectivity index (χ1v) is 7.11. The molecule has 0 aliphatic rings.